The van der Waals surface area contributed by atoms with Crippen LogP contribution in [-0.4, -0.2) is 35.4 Å². The lowest BCUT2D eigenvalue weighted by Crippen LogP contribution is -2.32. The fraction of sp³-hybridized carbons (Fsp3) is 0.500. The van der Waals surface area contributed by atoms with Crippen LogP contribution in [0.3, 0.4) is 0 Å². The third-order valence-electron chi connectivity index (χ3n) is 3.17. The lowest BCUT2D eigenvalue weighted by atomic mass is 10.1. The van der Waals surface area contributed by atoms with Crippen molar-refractivity contribution in [2.24, 2.45) is 0 Å². The molecule has 1 N–H and O–H groups in total. The van der Waals surface area contributed by atoms with Crippen molar-refractivity contribution in [2.45, 2.75) is 32.9 Å². The van der Waals surface area contributed by atoms with Crippen molar-refractivity contribution in [3.63, 3.8) is 0 Å². The summed E-state index contributed by atoms with van der Waals surface area (Å²) in [5.41, 5.74) is 1.10. The van der Waals surface area contributed by atoms with Crippen LogP contribution in [0, 0.1) is 0 Å². The Balaban J connectivity index is 2.02. The summed E-state index contributed by atoms with van der Waals surface area (Å²) in [6, 6.07) is 6.14. The highest BCUT2D eigenvalue weighted by molar-refractivity contribution is 5.66. The van der Waals surface area contributed by atoms with Gasteiger partial charge < -0.3 is 14.6 Å². The van der Waals surface area contributed by atoms with Gasteiger partial charge in [-0.05, 0) is 31.5 Å². The van der Waals surface area contributed by atoms with Gasteiger partial charge in [-0.2, -0.15) is 0 Å². The second-order valence-corrected chi connectivity index (χ2v) is 4.90. The molecule has 1 aliphatic rings. The molecular formula is C14H19NO4. The average molecular weight is 265 g/mol. The van der Waals surface area contributed by atoms with Crippen LogP contribution in [0.15, 0.2) is 18.2 Å². The number of hydrogen-bond acceptors (Lipinski definition) is 4. The number of rotatable bonds is 6. The Morgan fingerprint density at radius 3 is 2.79 bits per heavy atom. The molecule has 0 radical (unpaired) electrons. The van der Waals surface area contributed by atoms with E-state index >= 15 is 0 Å². The minimum absolute atomic E-state index is 0.155. The summed E-state index contributed by atoms with van der Waals surface area (Å²) in [4.78, 5) is 12.8. The third-order valence-corrected chi connectivity index (χ3v) is 3.17. The first-order valence-electron chi connectivity index (χ1n) is 6.40. The van der Waals surface area contributed by atoms with E-state index < -0.39 is 5.97 Å². The minimum Gasteiger partial charge on any atom is -0.481 e. The van der Waals surface area contributed by atoms with Crippen LogP contribution in [-0.2, 0) is 11.3 Å². The first-order chi connectivity index (χ1) is 9.06. The zero-order valence-corrected chi connectivity index (χ0v) is 11.3. The molecule has 0 aliphatic carbocycles. The maximum Gasteiger partial charge on any atom is 0.304 e. The van der Waals surface area contributed by atoms with E-state index in [9.17, 15) is 4.79 Å². The molecule has 0 unspecified atom stereocenters. The van der Waals surface area contributed by atoms with Gasteiger partial charge in [0.1, 0.15) is 0 Å². The van der Waals surface area contributed by atoms with Crippen molar-refractivity contribution in [1.82, 2.24) is 4.90 Å². The standard InChI is InChI=1S/C14H19NO4/c1-10(2)15(6-5-14(16)17)8-11-3-4-12-13(7-11)19-9-18-12/h3-4,7,10H,5-6,8-9H2,1-2H3,(H,16,17). The Bertz CT molecular complexity index is 459. The van der Waals surface area contributed by atoms with E-state index in [1.807, 2.05) is 18.2 Å². The molecule has 1 aliphatic heterocycles. The monoisotopic (exact) mass is 265 g/mol. The Morgan fingerprint density at radius 2 is 2.11 bits per heavy atom. The zero-order chi connectivity index (χ0) is 13.8. The van der Waals surface area contributed by atoms with Crippen molar-refractivity contribution in [1.29, 1.82) is 0 Å². The van der Waals surface area contributed by atoms with Crippen LogP contribution < -0.4 is 9.47 Å². The molecule has 5 nitrogen and oxygen atoms in total. The van der Waals surface area contributed by atoms with E-state index in [1.54, 1.807) is 0 Å². The van der Waals surface area contributed by atoms with Crippen molar-refractivity contribution < 1.29 is 19.4 Å². The fourth-order valence-electron chi connectivity index (χ4n) is 2.03. The second-order valence-electron chi connectivity index (χ2n) is 4.90. The largest absolute Gasteiger partial charge is 0.481 e. The number of carboxylic acid groups (broad SMARTS) is 1. The molecule has 1 aromatic carbocycles. The molecule has 1 heterocycles. The molecule has 0 bridgehead atoms. The topological polar surface area (TPSA) is 59.0 Å². The van der Waals surface area contributed by atoms with Gasteiger partial charge in [-0.1, -0.05) is 6.07 Å². The smallest absolute Gasteiger partial charge is 0.304 e. The van der Waals surface area contributed by atoms with E-state index in [2.05, 4.69) is 18.7 Å². The number of nitrogens with zero attached hydrogens (tertiary/aromatic N) is 1. The van der Waals surface area contributed by atoms with Crippen LogP contribution >= 0.6 is 0 Å². The fourth-order valence-corrected chi connectivity index (χ4v) is 2.03. The molecule has 104 valence electrons. The number of carboxylic acids is 1. The lowest BCUT2D eigenvalue weighted by Gasteiger charge is -2.25. The van der Waals surface area contributed by atoms with Gasteiger partial charge >= 0.3 is 5.97 Å². The normalized spacial score (nSPS) is 13.3. The summed E-state index contributed by atoms with van der Waals surface area (Å²) in [6.45, 7) is 5.65. The number of benzene rings is 1. The Morgan fingerprint density at radius 1 is 1.37 bits per heavy atom. The van der Waals surface area contributed by atoms with Crippen molar-refractivity contribution in [2.75, 3.05) is 13.3 Å². The molecule has 19 heavy (non-hydrogen) atoms. The molecule has 1 aromatic rings. The number of fused-ring (bicyclic) bond motifs is 1. The van der Waals surface area contributed by atoms with E-state index in [0.29, 0.717) is 19.1 Å². The van der Waals surface area contributed by atoms with Gasteiger partial charge in [-0.25, -0.2) is 0 Å². The van der Waals surface area contributed by atoms with Gasteiger partial charge in [0.15, 0.2) is 11.5 Å². The summed E-state index contributed by atoms with van der Waals surface area (Å²) in [7, 11) is 0. The third kappa shape index (κ3) is 3.61. The van der Waals surface area contributed by atoms with Crippen LogP contribution in [0.5, 0.6) is 11.5 Å². The van der Waals surface area contributed by atoms with E-state index in [1.165, 1.54) is 0 Å². The SMILES string of the molecule is CC(C)N(CCC(=O)O)Cc1ccc2c(c1)OCO2. The summed E-state index contributed by atoms with van der Waals surface area (Å²) >= 11 is 0. The van der Waals surface area contributed by atoms with Crippen molar-refractivity contribution >= 4 is 5.97 Å². The molecule has 0 atom stereocenters. The number of hydrogen-bond donors (Lipinski definition) is 1. The van der Waals surface area contributed by atoms with Crippen LogP contribution in [0.2, 0.25) is 0 Å². The molecule has 0 amide bonds. The molecule has 0 saturated carbocycles. The average Bonchev–Trinajstić information content (AvgIpc) is 2.81. The van der Waals surface area contributed by atoms with Crippen molar-refractivity contribution in [3.8, 4) is 11.5 Å². The van der Waals surface area contributed by atoms with Gasteiger partial charge in [-0.3, -0.25) is 9.69 Å². The first kappa shape index (κ1) is 13.7. The zero-order valence-electron chi connectivity index (χ0n) is 11.3. The highest BCUT2D eigenvalue weighted by atomic mass is 16.7. The van der Waals surface area contributed by atoms with Crippen molar-refractivity contribution in [3.05, 3.63) is 23.8 Å². The van der Waals surface area contributed by atoms with Crippen LogP contribution in [0.4, 0.5) is 0 Å². The molecule has 0 fully saturated rings. The Labute approximate surface area is 112 Å². The highest BCUT2D eigenvalue weighted by Gasteiger charge is 2.16. The number of aliphatic carboxylic acids is 1. The number of ether oxygens (including phenoxy) is 2. The van der Waals surface area contributed by atoms with Gasteiger partial charge in [0, 0.05) is 19.1 Å². The first-order valence-corrected chi connectivity index (χ1v) is 6.40. The summed E-state index contributed by atoms with van der Waals surface area (Å²) in [5, 5.41) is 8.77. The minimum atomic E-state index is -0.767. The number of carbonyl (C=O) groups is 1. The maximum atomic E-state index is 10.7. The van der Waals surface area contributed by atoms with Gasteiger partial charge in [0.05, 0.1) is 6.42 Å². The molecule has 5 heteroatoms. The van der Waals surface area contributed by atoms with Gasteiger partial charge in [-0.15, -0.1) is 0 Å². The molecule has 2 rings (SSSR count). The predicted molar refractivity (Wildman–Crippen MR) is 70.4 cm³/mol. The van der Waals surface area contributed by atoms with Crippen LogP contribution in [0.25, 0.3) is 0 Å². The lowest BCUT2D eigenvalue weighted by molar-refractivity contribution is -0.137. The van der Waals surface area contributed by atoms with E-state index in [0.717, 1.165) is 17.1 Å². The Kier molecular flexibility index (Phi) is 4.27. The summed E-state index contributed by atoms with van der Waals surface area (Å²) < 4.78 is 10.6. The quantitative estimate of drug-likeness (QED) is 0.853. The van der Waals surface area contributed by atoms with Crippen LogP contribution in [0.1, 0.15) is 25.8 Å². The molecule has 0 spiro atoms. The van der Waals surface area contributed by atoms with Gasteiger partial charge in [0.2, 0.25) is 6.79 Å². The predicted octanol–water partition coefficient (Wildman–Crippen LogP) is 2.10. The molecule has 0 aromatic heterocycles. The summed E-state index contributed by atoms with van der Waals surface area (Å²) in [6.07, 6.45) is 0.155. The second kappa shape index (κ2) is 5.93. The van der Waals surface area contributed by atoms with E-state index in [-0.39, 0.29) is 13.2 Å². The highest BCUT2D eigenvalue weighted by Crippen LogP contribution is 2.32. The van der Waals surface area contributed by atoms with E-state index in [4.69, 9.17) is 14.6 Å². The maximum absolute atomic E-state index is 10.7. The summed E-state index contributed by atoms with van der Waals surface area (Å²) in [5.74, 6) is 0.765. The molecular weight excluding hydrogens is 246 g/mol. The molecule has 0 saturated heterocycles. The van der Waals surface area contributed by atoms with Gasteiger partial charge in [0.25, 0.3) is 0 Å². The Hall–Kier alpha value is -1.75.